The second-order valence-corrected chi connectivity index (χ2v) is 6.38. The zero-order valence-electron chi connectivity index (χ0n) is 14.8. The van der Waals surface area contributed by atoms with Crippen LogP contribution in [0.25, 0.3) is 0 Å². The molecule has 0 saturated heterocycles. The molecule has 130 valence electrons. The van der Waals surface area contributed by atoms with Gasteiger partial charge in [-0.05, 0) is 26.3 Å². The lowest BCUT2D eigenvalue weighted by Gasteiger charge is -2.29. The van der Waals surface area contributed by atoms with Crippen molar-refractivity contribution in [2.75, 3.05) is 6.54 Å². The minimum Gasteiger partial charge on any atom is -0.352 e. The first-order valence-electron chi connectivity index (χ1n) is 8.30. The zero-order chi connectivity index (χ0) is 17.5. The monoisotopic (exact) mass is 330 g/mol. The molecule has 24 heavy (non-hydrogen) atoms. The molecule has 0 bridgehead atoms. The van der Waals surface area contributed by atoms with E-state index in [1.807, 2.05) is 25.1 Å². The Hall–Kier alpha value is -2.21. The molecule has 0 radical (unpaired) electrons. The third-order valence-corrected chi connectivity index (χ3v) is 3.76. The predicted octanol–water partition coefficient (Wildman–Crippen LogP) is 2.34. The van der Waals surface area contributed by atoms with Gasteiger partial charge in [0.25, 0.3) is 0 Å². The van der Waals surface area contributed by atoms with Gasteiger partial charge in [-0.3, -0.25) is 9.69 Å². The van der Waals surface area contributed by atoms with E-state index in [1.165, 1.54) is 5.56 Å². The van der Waals surface area contributed by atoms with Crippen molar-refractivity contribution in [3.8, 4) is 0 Å². The van der Waals surface area contributed by atoms with Crippen molar-refractivity contribution >= 4 is 5.91 Å². The zero-order valence-corrected chi connectivity index (χ0v) is 14.8. The van der Waals surface area contributed by atoms with Gasteiger partial charge in [0, 0.05) is 32.1 Å². The van der Waals surface area contributed by atoms with E-state index in [0.29, 0.717) is 17.8 Å². The maximum atomic E-state index is 12.1. The Labute approximate surface area is 143 Å². The fraction of sp³-hybridized carbons (Fsp3) is 0.500. The molecule has 1 heterocycles. The Morgan fingerprint density at radius 1 is 1.25 bits per heavy atom. The fourth-order valence-electron chi connectivity index (χ4n) is 2.56. The quantitative estimate of drug-likeness (QED) is 0.804. The van der Waals surface area contributed by atoms with E-state index in [9.17, 15) is 4.79 Å². The van der Waals surface area contributed by atoms with E-state index in [0.717, 1.165) is 13.1 Å². The Balaban J connectivity index is 1.85. The van der Waals surface area contributed by atoms with Gasteiger partial charge in [-0.1, -0.05) is 35.5 Å². The Morgan fingerprint density at radius 2 is 1.96 bits per heavy atom. The molecule has 1 N–H and O–H groups in total. The van der Waals surface area contributed by atoms with Gasteiger partial charge in [-0.25, -0.2) is 0 Å². The minimum absolute atomic E-state index is 0.0385. The van der Waals surface area contributed by atoms with Crippen molar-refractivity contribution in [1.29, 1.82) is 0 Å². The fourth-order valence-corrected chi connectivity index (χ4v) is 2.56. The van der Waals surface area contributed by atoms with Gasteiger partial charge in [-0.2, -0.15) is 4.98 Å². The number of carbonyl (C=O) groups is 1. The molecular weight excluding hydrogens is 304 g/mol. The molecule has 1 aromatic carbocycles. The van der Waals surface area contributed by atoms with Gasteiger partial charge in [0.2, 0.25) is 11.8 Å². The molecule has 1 aromatic heterocycles. The van der Waals surface area contributed by atoms with Crippen LogP contribution >= 0.6 is 0 Å². The second kappa shape index (κ2) is 8.59. The van der Waals surface area contributed by atoms with E-state index in [4.69, 9.17) is 4.52 Å². The number of nitrogens with zero attached hydrogens (tertiary/aromatic N) is 3. The molecule has 1 unspecified atom stereocenters. The van der Waals surface area contributed by atoms with Crippen LogP contribution in [0.2, 0.25) is 0 Å². The number of amides is 1. The normalized spacial score (nSPS) is 12.6. The Kier molecular flexibility index (Phi) is 6.49. The highest BCUT2D eigenvalue weighted by atomic mass is 16.5. The van der Waals surface area contributed by atoms with E-state index in [1.54, 1.807) is 6.92 Å². The van der Waals surface area contributed by atoms with Gasteiger partial charge < -0.3 is 9.84 Å². The van der Waals surface area contributed by atoms with Crippen LogP contribution in [0.4, 0.5) is 0 Å². The number of aryl methyl sites for hydroxylation is 1. The molecule has 2 rings (SSSR count). The number of hydrogen-bond acceptors (Lipinski definition) is 5. The van der Waals surface area contributed by atoms with Crippen LogP contribution in [0.15, 0.2) is 34.9 Å². The van der Waals surface area contributed by atoms with Crippen molar-refractivity contribution in [2.24, 2.45) is 0 Å². The molecule has 0 spiro atoms. The van der Waals surface area contributed by atoms with Crippen LogP contribution in [0.3, 0.4) is 0 Å². The summed E-state index contributed by atoms with van der Waals surface area (Å²) in [4.78, 5) is 18.5. The number of nitrogens with one attached hydrogen (secondary N) is 1. The highest BCUT2D eigenvalue weighted by Gasteiger charge is 2.17. The summed E-state index contributed by atoms with van der Waals surface area (Å²) in [6, 6.07) is 10.8. The summed E-state index contributed by atoms with van der Waals surface area (Å²) in [6.07, 6.45) is 0.141. The first kappa shape index (κ1) is 18.1. The van der Waals surface area contributed by atoms with Crippen molar-refractivity contribution in [3.05, 3.63) is 47.6 Å². The highest BCUT2D eigenvalue weighted by Crippen LogP contribution is 2.09. The van der Waals surface area contributed by atoms with E-state index < -0.39 is 0 Å². The van der Waals surface area contributed by atoms with Crippen molar-refractivity contribution < 1.29 is 9.32 Å². The molecule has 1 atom stereocenters. The van der Waals surface area contributed by atoms with E-state index in [2.05, 4.69) is 46.3 Å². The number of hydrogen-bond donors (Lipinski definition) is 1. The number of benzene rings is 1. The summed E-state index contributed by atoms with van der Waals surface area (Å²) < 4.78 is 4.88. The molecule has 2 aromatic rings. The average Bonchev–Trinajstić information content (AvgIpc) is 2.92. The standard InChI is InChI=1S/C18H26N4O2/c1-13(2)22(12-16-8-6-5-7-9-16)11-14(3)19-18(23)10-17-20-15(4)24-21-17/h5-9,13-14H,10-12H2,1-4H3,(H,19,23). The predicted molar refractivity (Wildman–Crippen MR) is 92.3 cm³/mol. The first-order valence-corrected chi connectivity index (χ1v) is 8.30. The molecular formula is C18H26N4O2. The van der Waals surface area contributed by atoms with Gasteiger partial charge in [0.15, 0.2) is 5.82 Å². The summed E-state index contributed by atoms with van der Waals surface area (Å²) in [7, 11) is 0. The third kappa shape index (κ3) is 5.77. The second-order valence-electron chi connectivity index (χ2n) is 6.38. The van der Waals surface area contributed by atoms with Crippen LogP contribution in [-0.4, -0.2) is 39.6 Å². The minimum atomic E-state index is -0.0910. The molecule has 0 aliphatic carbocycles. The summed E-state index contributed by atoms with van der Waals surface area (Å²) >= 11 is 0. The number of rotatable bonds is 8. The lowest BCUT2D eigenvalue weighted by molar-refractivity contribution is -0.121. The SMILES string of the molecule is Cc1nc(CC(=O)NC(C)CN(Cc2ccccc2)C(C)C)no1. The summed E-state index contributed by atoms with van der Waals surface area (Å²) in [5.74, 6) is 0.800. The van der Waals surface area contributed by atoms with E-state index >= 15 is 0 Å². The van der Waals surface area contributed by atoms with Crippen molar-refractivity contribution in [1.82, 2.24) is 20.4 Å². The Morgan fingerprint density at radius 3 is 2.54 bits per heavy atom. The maximum absolute atomic E-state index is 12.1. The largest absolute Gasteiger partial charge is 0.352 e. The Bertz CT molecular complexity index is 639. The maximum Gasteiger partial charge on any atom is 0.228 e. The summed E-state index contributed by atoms with van der Waals surface area (Å²) in [5.41, 5.74) is 1.27. The number of carbonyl (C=O) groups excluding carboxylic acids is 1. The van der Waals surface area contributed by atoms with Gasteiger partial charge in [-0.15, -0.1) is 0 Å². The smallest absolute Gasteiger partial charge is 0.228 e. The van der Waals surface area contributed by atoms with Gasteiger partial charge in [0.1, 0.15) is 0 Å². The molecule has 6 nitrogen and oxygen atoms in total. The highest BCUT2D eigenvalue weighted by molar-refractivity contribution is 5.77. The van der Waals surface area contributed by atoms with Crippen molar-refractivity contribution in [2.45, 2.75) is 52.7 Å². The average molecular weight is 330 g/mol. The number of aromatic nitrogens is 2. The molecule has 6 heteroatoms. The molecule has 0 fully saturated rings. The lowest BCUT2D eigenvalue weighted by atomic mass is 10.1. The molecule has 0 aliphatic heterocycles. The molecule has 0 aliphatic rings. The van der Waals surface area contributed by atoms with Gasteiger partial charge >= 0.3 is 0 Å². The van der Waals surface area contributed by atoms with Crippen LogP contribution in [-0.2, 0) is 17.8 Å². The first-order chi connectivity index (χ1) is 11.4. The summed E-state index contributed by atoms with van der Waals surface area (Å²) in [6.45, 7) is 9.70. The van der Waals surface area contributed by atoms with E-state index in [-0.39, 0.29) is 18.4 Å². The van der Waals surface area contributed by atoms with Crippen LogP contribution < -0.4 is 5.32 Å². The third-order valence-electron chi connectivity index (χ3n) is 3.76. The van der Waals surface area contributed by atoms with Crippen LogP contribution in [0, 0.1) is 6.92 Å². The summed E-state index contributed by atoms with van der Waals surface area (Å²) in [5, 5.41) is 6.76. The van der Waals surface area contributed by atoms with Gasteiger partial charge in [0.05, 0.1) is 6.42 Å². The van der Waals surface area contributed by atoms with Crippen molar-refractivity contribution in [3.63, 3.8) is 0 Å². The topological polar surface area (TPSA) is 71.3 Å². The molecule has 0 saturated carbocycles. The van der Waals surface area contributed by atoms with Crippen LogP contribution in [0.5, 0.6) is 0 Å². The van der Waals surface area contributed by atoms with Crippen LogP contribution in [0.1, 0.15) is 38.0 Å². The lowest BCUT2D eigenvalue weighted by Crippen LogP contribution is -2.44. The molecule has 1 amide bonds.